The molecule has 3 rings (SSSR count). The Bertz CT molecular complexity index is 916. The molecule has 11 heteroatoms. The van der Waals surface area contributed by atoms with Gasteiger partial charge in [-0.25, -0.2) is 9.78 Å². The number of halogens is 3. The Kier molecular flexibility index (Phi) is 7.16. The molecule has 2 aromatic rings. The third-order valence-electron chi connectivity index (χ3n) is 4.77. The van der Waals surface area contributed by atoms with E-state index in [-0.39, 0.29) is 37.3 Å². The van der Waals surface area contributed by atoms with Gasteiger partial charge in [0.15, 0.2) is 11.6 Å². The standard InChI is InChI=1S/C20H21F3N2O5S/c1-12(13-3-5-14(6-4-13)29-10-18(27)28-2)7-25-8-16(30-9-17(25)26)15-11-31-19(24-15)20(21,22)23/h3-6,11-12,16H,7-10H2,1-2H3. The fourth-order valence-corrected chi connectivity index (χ4v) is 3.80. The molecule has 0 saturated carbocycles. The Balaban J connectivity index is 1.60. The minimum atomic E-state index is -4.51. The number of methoxy groups -OCH3 is 1. The number of alkyl halides is 3. The van der Waals surface area contributed by atoms with Gasteiger partial charge < -0.3 is 19.1 Å². The first-order valence-corrected chi connectivity index (χ1v) is 10.3. The zero-order valence-electron chi connectivity index (χ0n) is 16.8. The van der Waals surface area contributed by atoms with Gasteiger partial charge in [-0.1, -0.05) is 19.1 Å². The predicted molar refractivity (Wildman–Crippen MR) is 105 cm³/mol. The second-order valence-corrected chi connectivity index (χ2v) is 7.87. The molecule has 0 bridgehead atoms. The van der Waals surface area contributed by atoms with Crippen molar-refractivity contribution in [2.75, 3.05) is 33.4 Å². The van der Waals surface area contributed by atoms with Crippen molar-refractivity contribution < 1.29 is 37.0 Å². The molecule has 168 valence electrons. The van der Waals surface area contributed by atoms with Crippen LogP contribution in [0.5, 0.6) is 5.75 Å². The molecule has 0 radical (unpaired) electrons. The van der Waals surface area contributed by atoms with Gasteiger partial charge in [-0.3, -0.25) is 4.79 Å². The summed E-state index contributed by atoms with van der Waals surface area (Å²) < 4.78 is 53.7. The summed E-state index contributed by atoms with van der Waals surface area (Å²) in [4.78, 5) is 28.6. The van der Waals surface area contributed by atoms with Crippen molar-refractivity contribution in [3.63, 3.8) is 0 Å². The number of carbonyl (C=O) groups is 2. The van der Waals surface area contributed by atoms with Gasteiger partial charge in [-0.2, -0.15) is 13.2 Å². The molecule has 2 atom stereocenters. The first-order chi connectivity index (χ1) is 14.7. The molecule has 0 aliphatic carbocycles. The summed E-state index contributed by atoms with van der Waals surface area (Å²) in [5.41, 5.74) is 1.11. The first kappa shape index (κ1) is 23.0. The lowest BCUT2D eigenvalue weighted by Gasteiger charge is -2.33. The third-order valence-corrected chi connectivity index (χ3v) is 5.67. The van der Waals surface area contributed by atoms with Crippen LogP contribution in [-0.2, 0) is 25.2 Å². The number of aromatic nitrogens is 1. The second kappa shape index (κ2) is 9.65. The van der Waals surface area contributed by atoms with Crippen LogP contribution in [0.3, 0.4) is 0 Å². The van der Waals surface area contributed by atoms with E-state index in [2.05, 4.69) is 9.72 Å². The molecular weight excluding hydrogens is 437 g/mol. The lowest BCUT2D eigenvalue weighted by atomic mass is 10.00. The smallest absolute Gasteiger partial charge is 0.443 e. The topological polar surface area (TPSA) is 78.0 Å². The summed E-state index contributed by atoms with van der Waals surface area (Å²) in [5.74, 6) is -0.251. The van der Waals surface area contributed by atoms with E-state index >= 15 is 0 Å². The molecule has 1 aliphatic heterocycles. The number of carbonyl (C=O) groups excluding carboxylic acids is 2. The fraction of sp³-hybridized carbons (Fsp3) is 0.450. The zero-order chi connectivity index (χ0) is 22.6. The number of benzene rings is 1. The molecule has 1 aliphatic rings. The van der Waals surface area contributed by atoms with Gasteiger partial charge in [0.25, 0.3) is 0 Å². The van der Waals surface area contributed by atoms with E-state index in [0.29, 0.717) is 23.6 Å². The summed E-state index contributed by atoms with van der Waals surface area (Å²) >= 11 is 0.511. The molecule has 2 unspecified atom stereocenters. The van der Waals surface area contributed by atoms with Gasteiger partial charge in [-0.15, -0.1) is 11.3 Å². The van der Waals surface area contributed by atoms with Crippen molar-refractivity contribution in [3.8, 4) is 5.75 Å². The van der Waals surface area contributed by atoms with Crippen molar-refractivity contribution in [3.05, 3.63) is 45.9 Å². The molecule has 7 nitrogen and oxygen atoms in total. The second-order valence-electron chi connectivity index (χ2n) is 7.01. The Morgan fingerprint density at radius 2 is 2.06 bits per heavy atom. The highest BCUT2D eigenvalue weighted by molar-refractivity contribution is 7.09. The van der Waals surface area contributed by atoms with Gasteiger partial charge in [0.1, 0.15) is 18.5 Å². The minimum absolute atomic E-state index is 0.0430. The maximum atomic E-state index is 12.8. The number of hydrogen-bond donors (Lipinski definition) is 0. The SMILES string of the molecule is COC(=O)COc1ccc(C(C)CN2CC(c3csc(C(F)(F)F)n3)OCC2=O)cc1. The van der Waals surface area contributed by atoms with Gasteiger partial charge in [0.2, 0.25) is 5.91 Å². The van der Waals surface area contributed by atoms with Crippen LogP contribution in [0, 0.1) is 0 Å². The van der Waals surface area contributed by atoms with E-state index < -0.39 is 23.3 Å². The average Bonchev–Trinajstić information content (AvgIpc) is 3.25. The highest BCUT2D eigenvalue weighted by atomic mass is 32.1. The van der Waals surface area contributed by atoms with Crippen LogP contribution in [0.1, 0.15) is 35.2 Å². The van der Waals surface area contributed by atoms with E-state index in [1.165, 1.54) is 12.5 Å². The molecule has 2 heterocycles. The minimum Gasteiger partial charge on any atom is -0.482 e. The number of rotatable bonds is 7. The van der Waals surface area contributed by atoms with E-state index in [1.807, 2.05) is 19.1 Å². The van der Waals surface area contributed by atoms with Crippen molar-refractivity contribution in [1.29, 1.82) is 0 Å². The predicted octanol–water partition coefficient (Wildman–Crippen LogP) is 3.42. The molecular formula is C20H21F3N2O5S. The molecule has 1 aromatic heterocycles. The summed E-state index contributed by atoms with van der Waals surface area (Å²) in [6.07, 6.45) is -5.21. The van der Waals surface area contributed by atoms with Crippen LogP contribution in [0.2, 0.25) is 0 Å². The molecule has 1 fully saturated rings. The monoisotopic (exact) mass is 458 g/mol. The number of ether oxygens (including phenoxy) is 3. The normalized spacial score (nSPS) is 18.0. The summed E-state index contributed by atoms with van der Waals surface area (Å²) in [6.45, 7) is 2.03. The maximum absolute atomic E-state index is 12.8. The number of hydrogen-bond acceptors (Lipinski definition) is 7. The van der Waals surface area contributed by atoms with Gasteiger partial charge in [0.05, 0.1) is 19.3 Å². The Morgan fingerprint density at radius 1 is 1.35 bits per heavy atom. The van der Waals surface area contributed by atoms with Crippen molar-refractivity contribution in [1.82, 2.24) is 9.88 Å². The van der Waals surface area contributed by atoms with E-state index in [4.69, 9.17) is 9.47 Å². The Hall–Kier alpha value is -2.66. The van der Waals surface area contributed by atoms with Crippen LogP contribution in [-0.4, -0.2) is 55.2 Å². The Morgan fingerprint density at radius 3 is 2.68 bits per heavy atom. The summed E-state index contributed by atoms with van der Waals surface area (Å²) in [6, 6.07) is 7.09. The van der Waals surface area contributed by atoms with Gasteiger partial charge >= 0.3 is 12.1 Å². The Labute approximate surface area is 180 Å². The number of esters is 1. The quantitative estimate of drug-likeness (QED) is 0.592. The fourth-order valence-electron chi connectivity index (χ4n) is 3.07. The first-order valence-electron chi connectivity index (χ1n) is 9.39. The third kappa shape index (κ3) is 5.95. The van der Waals surface area contributed by atoms with Crippen molar-refractivity contribution in [2.45, 2.75) is 25.1 Å². The van der Waals surface area contributed by atoms with Crippen LogP contribution in [0.4, 0.5) is 13.2 Å². The van der Waals surface area contributed by atoms with Gasteiger partial charge in [-0.05, 0) is 23.6 Å². The molecule has 1 amide bonds. The van der Waals surface area contributed by atoms with Gasteiger partial charge in [0, 0.05) is 11.9 Å². The number of nitrogens with zero attached hydrogens (tertiary/aromatic N) is 2. The lowest BCUT2D eigenvalue weighted by Crippen LogP contribution is -2.44. The van der Waals surface area contributed by atoms with E-state index in [9.17, 15) is 22.8 Å². The van der Waals surface area contributed by atoms with Crippen LogP contribution in [0.25, 0.3) is 0 Å². The molecule has 31 heavy (non-hydrogen) atoms. The number of amides is 1. The van der Waals surface area contributed by atoms with E-state index in [1.54, 1.807) is 17.0 Å². The van der Waals surface area contributed by atoms with Crippen molar-refractivity contribution >= 4 is 23.2 Å². The molecule has 0 N–H and O–H groups in total. The van der Waals surface area contributed by atoms with Crippen LogP contribution >= 0.6 is 11.3 Å². The lowest BCUT2D eigenvalue weighted by molar-refractivity contribution is -0.150. The van der Waals surface area contributed by atoms with Crippen LogP contribution < -0.4 is 4.74 Å². The largest absolute Gasteiger partial charge is 0.482 e. The maximum Gasteiger partial charge on any atom is 0.443 e. The summed E-state index contributed by atoms with van der Waals surface area (Å²) in [7, 11) is 1.28. The summed E-state index contributed by atoms with van der Waals surface area (Å²) in [5, 5.41) is 0.384. The van der Waals surface area contributed by atoms with Crippen LogP contribution in [0.15, 0.2) is 29.6 Å². The molecule has 1 aromatic carbocycles. The number of thiazole rings is 1. The number of morpholine rings is 1. The highest BCUT2D eigenvalue weighted by Crippen LogP contribution is 2.34. The molecule has 1 saturated heterocycles. The van der Waals surface area contributed by atoms with Crippen molar-refractivity contribution in [2.24, 2.45) is 0 Å². The van der Waals surface area contributed by atoms with E-state index in [0.717, 1.165) is 5.56 Å². The highest BCUT2D eigenvalue weighted by Gasteiger charge is 2.37. The average molecular weight is 458 g/mol. The zero-order valence-corrected chi connectivity index (χ0v) is 17.7. The molecule has 0 spiro atoms.